The van der Waals surface area contributed by atoms with Crippen LogP contribution in [0.25, 0.3) is 0 Å². The molecule has 0 heterocycles. The van der Waals surface area contributed by atoms with Crippen molar-refractivity contribution in [3.05, 3.63) is 0 Å². The second kappa shape index (κ2) is 8.55. The molecule has 6 nitrogen and oxygen atoms in total. The fraction of sp³-hybridized carbons (Fsp3) is 0.667. The van der Waals surface area contributed by atoms with Crippen LogP contribution in [0.1, 0.15) is 12.8 Å². The van der Waals surface area contributed by atoms with E-state index in [4.69, 9.17) is 22.0 Å². The van der Waals surface area contributed by atoms with Gasteiger partial charge in [0.1, 0.15) is 6.04 Å². The second-order valence-corrected chi connectivity index (χ2v) is 2.43. The van der Waals surface area contributed by atoms with E-state index < -0.39 is 12.0 Å². The van der Waals surface area contributed by atoms with Gasteiger partial charge < -0.3 is 21.9 Å². The SMILES string of the molecule is N=C(N)NCCC[C@H](N)C(=O)O.[CaH2]. The molecular formula is C6H16CaN4O2. The zero-order valence-electron chi connectivity index (χ0n) is 6.71. The first-order valence-electron chi connectivity index (χ1n) is 3.60. The summed E-state index contributed by atoms with van der Waals surface area (Å²) in [6.45, 7) is 0.482. The molecule has 13 heavy (non-hydrogen) atoms. The molecule has 0 bridgehead atoms. The Morgan fingerprint density at radius 1 is 1.62 bits per heavy atom. The van der Waals surface area contributed by atoms with Gasteiger partial charge in [0, 0.05) is 6.54 Å². The molecule has 0 spiro atoms. The molecule has 0 aliphatic carbocycles. The topological polar surface area (TPSA) is 125 Å². The van der Waals surface area contributed by atoms with Crippen LogP contribution in [-0.2, 0) is 4.79 Å². The van der Waals surface area contributed by atoms with Crippen LogP contribution in [0.5, 0.6) is 0 Å². The van der Waals surface area contributed by atoms with Gasteiger partial charge in [0.15, 0.2) is 5.96 Å². The van der Waals surface area contributed by atoms with Gasteiger partial charge in [0.2, 0.25) is 0 Å². The van der Waals surface area contributed by atoms with Crippen molar-refractivity contribution in [3.63, 3.8) is 0 Å². The molecule has 0 fully saturated rings. The number of carboxylic acids is 1. The summed E-state index contributed by atoms with van der Waals surface area (Å²) in [5, 5.41) is 17.7. The molecule has 0 aromatic rings. The summed E-state index contributed by atoms with van der Waals surface area (Å²) in [5.74, 6) is -1.11. The zero-order chi connectivity index (χ0) is 9.56. The predicted octanol–water partition coefficient (Wildman–Crippen LogP) is -2.25. The van der Waals surface area contributed by atoms with Gasteiger partial charge in [-0.2, -0.15) is 0 Å². The van der Waals surface area contributed by atoms with Gasteiger partial charge in [-0.25, -0.2) is 0 Å². The summed E-state index contributed by atoms with van der Waals surface area (Å²) in [5.41, 5.74) is 10.2. The maximum absolute atomic E-state index is 10.2. The first-order valence-corrected chi connectivity index (χ1v) is 3.60. The van der Waals surface area contributed by atoms with Crippen LogP contribution >= 0.6 is 0 Å². The zero-order valence-corrected chi connectivity index (χ0v) is 6.71. The Morgan fingerprint density at radius 2 is 2.15 bits per heavy atom. The van der Waals surface area contributed by atoms with E-state index in [1.165, 1.54) is 0 Å². The Morgan fingerprint density at radius 3 is 2.54 bits per heavy atom. The molecule has 0 saturated heterocycles. The van der Waals surface area contributed by atoms with Gasteiger partial charge in [-0.15, -0.1) is 0 Å². The van der Waals surface area contributed by atoms with E-state index in [2.05, 4.69) is 5.32 Å². The van der Waals surface area contributed by atoms with Crippen molar-refractivity contribution in [1.29, 1.82) is 5.41 Å². The average Bonchev–Trinajstić information content (AvgIpc) is 1.97. The van der Waals surface area contributed by atoms with E-state index in [1.54, 1.807) is 0 Å². The molecule has 0 radical (unpaired) electrons. The van der Waals surface area contributed by atoms with Gasteiger partial charge in [-0.1, -0.05) is 0 Å². The summed E-state index contributed by atoms with van der Waals surface area (Å²) in [6, 6.07) is -0.821. The van der Waals surface area contributed by atoms with Gasteiger partial charge in [-0.3, -0.25) is 10.2 Å². The fourth-order valence-electron chi connectivity index (χ4n) is 0.669. The van der Waals surface area contributed by atoms with E-state index in [1.807, 2.05) is 0 Å². The number of hydrogen-bond acceptors (Lipinski definition) is 3. The molecule has 7 N–H and O–H groups in total. The van der Waals surface area contributed by atoms with E-state index in [0.717, 1.165) is 0 Å². The number of nitrogens with two attached hydrogens (primary N) is 2. The van der Waals surface area contributed by atoms with Gasteiger partial charge >= 0.3 is 43.7 Å². The maximum atomic E-state index is 10.2. The van der Waals surface area contributed by atoms with Crippen LogP contribution < -0.4 is 16.8 Å². The van der Waals surface area contributed by atoms with Crippen molar-refractivity contribution in [1.82, 2.24) is 5.32 Å². The third-order valence-electron chi connectivity index (χ3n) is 1.32. The number of carbonyl (C=O) groups is 1. The van der Waals surface area contributed by atoms with E-state index in [0.29, 0.717) is 19.4 Å². The molecule has 0 saturated carbocycles. The van der Waals surface area contributed by atoms with Crippen LogP contribution in [-0.4, -0.2) is 67.4 Å². The number of aliphatic carboxylic acids is 1. The average molecular weight is 216 g/mol. The van der Waals surface area contributed by atoms with Crippen LogP contribution in [0.15, 0.2) is 0 Å². The predicted molar refractivity (Wildman–Crippen MR) is 53.3 cm³/mol. The summed E-state index contributed by atoms with van der Waals surface area (Å²) in [7, 11) is 0. The molecule has 0 rings (SSSR count). The Balaban J connectivity index is 0. The van der Waals surface area contributed by atoms with Crippen LogP contribution in [0.2, 0.25) is 0 Å². The quantitative estimate of drug-likeness (QED) is 0.154. The summed E-state index contributed by atoms with van der Waals surface area (Å²) in [4.78, 5) is 10.2. The van der Waals surface area contributed by atoms with Gasteiger partial charge in [0.25, 0.3) is 0 Å². The number of nitrogens with one attached hydrogen (secondary N) is 2. The minimum atomic E-state index is -1.00. The Bertz CT molecular complexity index is 176. The first-order chi connectivity index (χ1) is 5.54. The normalized spacial score (nSPS) is 11.2. The van der Waals surface area contributed by atoms with Crippen molar-refractivity contribution in [2.75, 3.05) is 6.54 Å². The van der Waals surface area contributed by atoms with Crippen molar-refractivity contribution in [2.24, 2.45) is 11.5 Å². The molecule has 0 amide bonds. The molecular weight excluding hydrogens is 200 g/mol. The second-order valence-electron chi connectivity index (χ2n) is 2.43. The monoisotopic (exact) mass is 216 g/mol. The Kier molecular flexibility index (Phi) is 10.2. The van der Waals surface area contributed by atoms with Gasteiger partial charge in [0.05, 0.1) is 0 Å². The molecule has 0 unspecified atom stereocenters. The van der Waals surface area contributed by atoms with E-state index in [-0.39, 0.29) is 43.7 Å². The first kappa shape index (κ1) is 15.4. The number of carboxylic acid groups (broad SMARTS) is 1. The van der Waals surface area contributed by atoms with Crippen molar-refractivity contribution in [3.8, 4) is 0 Å². The molecule has 0 aromatic carbocycles. The Hall–Kier alpha value is -0.0403. The third-order valence-corrected chi connectivity index (χ3v) is 1.32. The van der Waals surface area contributed by atoms with Crippen LogP contribution in [0, 0.1) is 5.41 Å². The van der Waals surface area contributed by atoms with Crippen LogP contribution in [0.4, 0.5) is 0 Å². The van der Waals surface area contributed by atoms with Crippen molar-refractivity contribution >= 4 is 49.7 Å². The number of rotatable bonds is 5. The standard InChI is InChI=1S/C6H14N4O2.Ca.2H/c7-4(5(11)12)2-1-3-10-6(8)9;;;/h4H,1-3,7H2,(H,11,12)(H4,8,9,10);;;/t4-;;;/m0.../s1. The van der Waals surface area contributed by atoms with E-state index in [9.17, 15) is 4.79 Å². The summed E-state index contributed by atoms with van der Waals surface area (Å²) in [6.07, 6.45) is 0.975. The van der Waals surface area contributed by atoms with Gasteiger partial charge in [-0.05, 0) is 12.8 Å². The molecule has 74 valence electrons. The number of guanidine groups is 1. The molecule has 1 atom stereocenters. The summed E-state index contributed by atoms with van der Waals surface area (Å²) < 4.78 is 0. The van der Waals surface area contributed by atoms with E-state index >= 15 is 0 Å². The summed E-state index contributed by atoms with van der Waals surface area (Å²) >= 11 is 0. The van der Waals surface area contributed by atoms with Crippen LogP contribution in [0.3, 0.4) is 0 Å². The number of hydrogen-bond donors (Lipinski definition) is 5. The van der Waals surface area contributed by atoms with Crippen molar-refractivity contribution in [2.45, 2.75) is 18.9 Å². The molecule has 0 aliphatic heterocycles. The van der Waals surface area contributed by atoms with Crippen molar-refractivity contribution < 1.29 is 9.90 Å². The molecule has 0 aliphatic rings. The fourth-order valence-corrected chi connectivity index (χ4v) is 0.669. The minimum absolute atomic E-state index is 0. The Labute approximate surface area is 107 Å². The third kappa shape index (κ3) is 9.88. The molecule has 0 aromatic heterocycles. The molecule has 7 heteroatoms.